The van der Waals surface area contributed by atoms with Crippen molar-refractivity contribution in [3.8, 4) is 5.69 Å². The zero-order valence-corrected chi connectivity index (χ0v) is 10.9. The second kappa shape index (κ2) is 5.47. The number of nitrogens with zero attached hydrogens (tertiary/aromatic N) is 2. The molecular formula is C11H8F3IrN2-. The molecule has 0 aliphatic carbocycles. The number of benzene rings is 1. The normalized spacial score (nSPS) is 11.0. The van der Waals surface area contributed by atoms with Crippen LogP contribution in [0.1, 0.15) is 5.69 Å². The second-order valence-electron chi connectivity index (χ2n) is 3.29. The molecule has 17 heavy (non-hydrogen) atoms. The number of halogens is 3. The Kier molecular flexibility index (Phi) is 4.48. The van der Waals surface area contributed by atoms with Crippen molar-refractivity contribution in [2.24, 2.45) is 0 Å². The van der Waals surface area contributed by atoms with Crippen molar-refractivity contribution in [1.82, 2.24) is 9.78 Å². The van der Waals surface area contributed by atoms with Gasteiger partial charge >= 0.3 is 6.18 Å². The summed E-state index contributed by atoms with van der Waals surface area (Å²) < 4.78 is 37.7. The van der Waals surface area contributed by atoms with Gasteiger partial charge in [-0.1, -0.05) is 0 Å². The van der Waals surface area contributed by atoms with Crippen LogP contribution in [-0.2, 0) is 26.5 Å². The largest absolute Gasteiger partial charge is 0.394 e. The minimum Gasteiger partial charge on any atom is -0.265 e. The van der Waals surface area contributed by atoms with Gasteiger partial charge in [-0.3, -0.25) is 4.68 Å². The quantitative estimate of drug-likeness (QED) is 0.688. The molecule has 93 valence electrons. The van der Waals surface area contributed by atoms with E-state index < -0.39 is 12.6 Å². The summed E-state index contributed by atoms with van der Waals surface area (Å²) in [6, 6.07) is 11.2. The summed E-state index contributed by atoms with van der Waals surface area (Å²) in [4.78, 5) is 0. The van der Waals surface area contributed by atoms with Crippen LogP contribution in [0.3, 0.4) is 0 Å². The first-order valence-electron chi connectivity index (χ1n) is 4.63. The van der Waals surface area contributed by atoms with E-state index >= 15 is 0 Å². The third-order valence-corrected chi connectivity index (χ3v) is 1.97. The maximum Gasteiger partial charge on any atom is 0.394 e. The summed E-state index contributed by atoms with van der Waals surface area (Å²) in [5.41, 5.74) is 0.626. The van der Waals surface area contributed by atoms with Crippen molar-refractivity contribution >= 4 is 0 Å². The molecule has 2 rings (SSSR count). The van der Waals surface area contributed by atoms with E-state index in [1.54, 1.807) is 24.3 Å². The molecule has 1 aromatic heterocycles. The van der Waals surface area contributed by atoms with Gasteiger partial charge in [0.05, 0.1) is 12.1 Å². The van der Waals surface area contributed by atoms with E-state index in [0.29, 0.717) is 5.69 Å². The van der Waals surface area contributed by atoms with E-state index in [0.717, 1.165) is 0 Å². The average Bonchev–Trinajstić information content (AvgIpc) is 2.65. The van der Waals surface area contributed by atoms with Gasteiger partial charge < -0.3 is 0 Å². The first kappa shape index (κ1) is 13.9. The molecule has 1 heterocycles. The molecule has 1 aromatic carbocycles. The van der Waals surface area contributed by atoms with E-state index in [-0.39, 0.29) is 25.8 Å². The fraction of sp³-hybridized carbons (Fsp3) is 0.182. The van der Waals surface area contributed by atoms with Crippen molar-refractivity contribution in [3.05, 3.63) is 48.3 Å². The van der Waals surface area contributed by atoms with Crippen LogP contribution in [0.4, 0.5) is 13.2 Å². The van der Waals surface area contributed by atoms with Gasteiger partial charge in [-0.2, -0.15) is 42.5 Å². The van der Waals surface area contributed by atoms with Gasteiger partial charge in [-0.25, -0.2) is 0 Å². The maximum atomic E-state index is 12.1. The van der Waals surface area contributed by atoms with Gasteiger partial charge in [0.15, 0.2) is 0 Å². The molecule has 0 saturated heterocycles. The van der Waals surface area contributed by atoms with Gasteiger partial charge in [0.1, 0.15) is 0 Å². The predicted molar refractivity (Wildman–Crippen MR) is 52.2 cm³/mol. The fourth-order valence-corrected chi connectivity index (χ4v) is 1.32. The number of aromatic nitrogens is 2. The van der Waals surface area contributed by atoms with Crippen LogP contribution in [0.25, 0.3) is 5.69 Å². The SMILES string of the molecule is FC(F)(F)Cc1ccn(-c2[c-]cccc2)n1.[Ir]. The maximum absolute atomic E-state index is 12.1. The van der Waals surface area contributed by atoms with Crippen LogP contribution < -0.4 is 0 Å². The Morgan fingerprint density at radius 1 is 1.24 bits per heavy atom. The van der Waals surface area contributed by atoms with E-state index in [9.17, 15) is 13.2 Å². The smallest absolute Gasteiger partial charge is 0.265 e. The summed E-state index contributed by atoms with van der Waals surface area (Å²) in [5.74, 6) is 0. The van der Waals surface area contributed by atoms with Crippen LogP contribution in [0, 0.1) is 6.07 Å². The topological polar surface area (TPSA) is 17.8 Å². The van der Waals surface area contributed by atoms with Crippen LogP contribution in [-0.4, -0.2) is 16.0 Å². The standard InChI is InChI=1S/C11H8F3N2.Ir/c12-11(13,14)8-9-6-7-16(15-9)10-4-2-1-3-5-10;/h1-4,6-7H,8H2;/q-1;. The second-order valence-corrected chi connectivity index (χ2v) is 3.29. The van der Waals surface area contributed by atoms with Crippen LogP contribution >= 0.6 is 0 Å². The zero-order valence-electron chi connectivity index (χ0n) is 8.53. The third-order valence-electron chi connectivity index (χ3n) is 1.97. The van der Waals surface area contributed by atoms with Crippen molar-refractivity contribution < 1.29 is 33.3 Å². The number of para-hydroxylation sites is 1. The van der Waals surface area contributed by atoms with E-state index in [1.807, 2.05) is 0 Å². The molecule has 6 heteroatoms. The van der Waals surface area contributed by atoms with E-state index in [2.05, 4.69) is 11.2 Å². The Bertz CT molecular complexity index is 465. The van der Waals surface area contributed by atoms with Gasteiger partial charge in [-0.05, 0) is 11.8 Å². The molecule has 0 saturated carbocycles. The number of alkyl halides is 3. The van der Waals surface area contributed by atoms with Crippen LogP contribution in [0.2, 0.25) is 0 Å². The van der Waals surface area contributed by atoms with Gasteiger partial charge in [-0.15, -0.1) is 6.07 Å². The molecule has 0 aliphatic rings. The monoisotopic (exact) mass is 418 g/mol. The van der Waals surface area contributed by atoms with Gasteiger partial charge in [0, 0.05) is 26.3 Å². The third kappa shape index (κ3) is 3.98. The minimum absolute atomic E-state index is 0. The molecule has 0 fully saturated rings. The van der Waals surface area contributed by atoms with Gasteiger partial charge in [0.25, 0.3) is 0 Å². The molecule has 0 spiro atoms. The Balaban J connectivity index is 0.00000144. The minimum atomic E-state index is -4.22. The van der Waals surface area contributed by atoms with E-state index in [4.69, 9.17) is 0 Å². The molecular weight excluding hydrogens is 409 g/mol. The Hall–Kier alpha value is -1.13. The Morgan fingerprint density at radius 2 is 2.00 bits per heavy atom. The zero-order chi connectivity index (χ0) is 11.6. The number of hydrogen-bond acceptors (Lipinski definition) is 1. The molecule has 0 aliphatic heterocycles. The summed E-state index contributed by atoms with van der Waals surface area (Å²) in [5, 5.41) is 3.83. The summed E-state index contributed by atoms with van der Waals surface area (Å²) in [6.45, 7) is 0. The first-order valence-corrected chi connectivity index (χ1v) is 4.63. The molecule has 2 aromatic rings. The van der Waals surface area contributed by atoms with Crippen molar-refractivity contribution in [1.29, 1.82) is 0 Å². The molecule has 0 N–H and O–H groups in total. The average molecular weight is 417 g/mol. The van der Waals surface area contributed by atoms with E-state index in [1.165, 1.54) is 16.9 Å². The summed E-state index contributed by atoms with van der Waals surface area (Å²) in [6.07, 6.45) is -3.74. The molecule has 0 bridgehead atoms. The molecule has 0 atom stereocenters. The first-order chi connectivity index (χ1) is 7.54. The molecule has 2 nitrogen and oxygen atoms in total. The van der Waals surface area contributed by atoms with Crippen LogP contribution in [0.5, 0.6) is 0 Å². The van der Waals surface area contributed by atoms with Crippen molar-refractivity contribution in [2.75, 3.05) is 0 Å². The van der Waals surface area contributed by atoms with Crippen molar-refractivity contribution in [2.45, 2.75) is 12.6 Å². The van der Waals surface area contributed by atoms with Crippen molar-refractivity contribution in [3.63, 3.8) is 0 Å². The molecule has 0 unspecified atom stereocenters. The predicted octanol–water partition coefficient (Wildman–Crippen LogP) is 2.77. The molecule has 0 amide bonds. The number of rotatable bonds is 2. The van der Waals surface area contributed by atoms with Crippen LogP contribution in [0.15, 0.2) is 36.5 Å². The molecule has 1 radical (unpaired) electrons. The van der Waals surface area contributed by atoms with Gasteiger partial charge in [0.2, 0.25) is 0 Å². The summed E-state index contributed by atoms with van der Waals surface area (Å²) in [7, 11) is 0. The summed E-state index contributed by atoms with van der Waals surface area (Å²) >= 11 is 0. The Morgan fingerprint density at radius 3 is 2.59 bits per heavy atom. The number of hydrogen-bond donors (Lipinski definition) is 0. The fourth-order valence-electron chi connectivity index (χ4n) is 1.32. The Labute approximate surface area is 110 Å².